The van der Waals surface area contributed by atoms with Crippen molar-refractivity contribution in [3.05, 3.63) is 23.7 Å². The third-order valence-electron chi connectivity index (χ3n) is 2.04. The first-order valence-corrected chi connectivity index (χ1v) is 4.47. The summed E-state index contributed by atoms with van der Waals surface area (Å²) in [6.45, 7) is 4.07. The Hall–Kier alpha value is -0.760. The largest absolute Gasteiger partial charge is 0.466 e. The zero-order valence-corrected chi connectivity index (χ0v) is 7.71. The standard InChI is InChI=1S/C10H16O2/c1-3-4-5-9(11)10-8(2)6-7-12-10/h6-7,9,11H,3-5H2,1-2H3. The van der Waals surface area contributed by atoms with Gasteiger partial charge in [-0.05, 0) is 25.0 Å². The maximum absolute atomic E-state index is 9.63. The van der Waals surface area contributed by atoms with Crippen molar-refractivity contribution in [1.29, 1.82) is 0 Å². The van der Waals surface area contributed by atoms with Gasteiger partial charge in [0.15, 0.2) is 0 Å². The van der Waals surface area contributed by atoms with Crippen molar-refractivity contribution in [3.63, 3.8) is 0 Å². The summed E-state index contributed by atoms with van der Waals surface area (Å²) < 4.78 is 5.17. The predicted molar refractivity (Wildman–Crippen MR) is 47.9 cm³/mol. The lowest BCUT2D eigenvalue weighted by Crippen LogP contribution is -1.96. The molecule has 1 atom stereocenters. The van der Waals surface area contributed by atoms with Crippen molar-refractivity contribution in [2.75, 3.05) is 0 Å². The van der Waals surface area contributed by atoms with Gasteiger partial charge in [0.1, 0.15) is 11.9 Å². The number of aliphatic hydroxyl groups excluding tert-OH is 1. The molecule has 0 fully saturated rings. The Labute approximate surface area is 73.2 Å². The van der Waals surface area contributed by atoms with Gasteiger partial charge in [0.2, 0.25) is 0 Å². The molecule has 0 aliphatic carbocycles. The Bertz CT molecular complexity index is 227. The Kier molecular flexibility index (Phi) is 3.35. The number of aliphatic hydroxyl groups is 1. The van der Waals surface area contributed by atoms with Crippen molar-refractivity contribution in [1.82, 2.24) is 0 Å². The lowest BCUT2D eigenvalue weighted by atomic mass is 10.1. The van der Waals surface area contributed by atoms with Crippen LogP contribution in [0.3, 0.4) is 0 Å². The van der Waals surface area contributed by atoms with Gasteiger partial charge in [-0.3, -0.25) is 0 Å². The zero-order valence-electron chi connectivity index (χ0n) is 7.71. The van der Waals surface area contributed by atoms with Crippen LogP contribution in [-0.4, -0.2) is 5.11 Å². The number of aryl methyl sites for hydroxylation is 1. The van der Waals surface area contributed by atoms with E-state index in [0.717, 1.165) is 30.6 Å². The monoisotopic (exact) mass is 168 g/mol. The molecule has 0 aliphatic rings. The van der Waals surface area contributed by atoms with Crippen LogP contribution in [0, 0.1) is 6.92 Å². The molecule has 68 valence electrons. The van der Waals surface area contributed by atoms with Gasteiger partial charge in [-0.15, -0.1) is 0 Å². The van der Waals surface area contributed by atoms with Crippen molar-refractivity contribution < 1.29 is 9.52 Å². The van der Waals surface area contributed by atoms with E-state index in [1.807, 2.05) is 13.0 Å². The molecule has 2 nitrogen and oxygen atoms in total. The molecule has 0 saturated heterocycles. The van der Waals surface area contributed by atoms with E-state index in [2.05, 4.69) is 6.92 Å². The minimum atomic E-state index is -0.417. The van der Waals surface area contributed by atoms with Crippen molar-refractivity contribution in [3.8, 4) is 0 Å². The van der Waals surface area contributed by atoms with Crippen LogP contribution in [-0.2, 0) is 0 Å². The molecular weight excluding hydrogens is 152 g/mol. The fourth-order valence-electron chi connectivity index (χ4n) is 1.25. The van der Waals surface area contributed by atoms with Crippen LogP contribution in [0.2, 0.25) is 0 Å². The summed E-state index contributed by atoms with van der Waals surface area (Å²) in [5.74, 6) is 0.725. The van der Waals surface area contributed by atoms with Gasteiger partial charge >= 0.3 is 0 Å². The van der Waals surface area contributed by atoms with E-state index in [9.17, 15) is 5.11 Å². The molecule has 0 aliphatic heterocycles. The number of unbranched alkanes of at least 4 members (excludes halogenated alkanes) is 1. The highest BCUT2D eigenvalue weighted by Gasteiger charge is 2.12. The second-order valence-corrected chi connectivity index (χ2v) is 3.13. The van der Waals surface area contributed by atoms with E-state index in [4.69, 9.17) is 4.42 Å². The van der Waals surface area contributed by atoms with Gasteiger partial charge < -0.3 is 9.52 Å². The van der Waals surface area contributed by atoms with Crippen molar-refractivity contribution >= 4 is 0 Å². The summed E-state index contributed by atoms with van der Waals surface area (Å²) in [6.07, 6.45) is 4.16. The highest BCUT2D eigenvalue weighted by Crippen LogP contribution is 2.22. The highest BCUT2D eigenvalue weighted by atomic mass is 16.4. The Morgan fingerprint density at radius 3 is 2.83 bits per heavy atom. The highest BCUT2D eigenvalue weighted by molar-refractivity contribution is 5.16. The summed E-state index contributed by atoms with van der Waals surface area (Å²) in [5, 5.41) is 9.63. The number of hydrogen-bond acceptors (Lipinski definition) is 2. The summed E-state index contributed by atoms with van der Waals surface area (Å²) in [7, 11) is 0. The van der Waals surface area contributed by atoms with E-state index in [-0.39, 0.29) is 0 Å². The second kappa shape index (κ2) is 4.31. The average Bonchev–Trinajstić information content (AvgIpc) is 2.47. The summed E-state index contributed by atoms with van der Waals surface area (Å²) >= 11 is 0. The summed E-state index contributed by atoms with van der Waals surface area (Å²) in [5.41, 5.74) is 1.04. The van der Waals surface area contributed by atoms with Crippen LogP contribution >= 0.6 is 0 Å². The van der Waals surface area contributed by atoms with Gasteiger partial charge in [0, 0.05) is 0 Å². The Balaban J connectivity index is 2.52. The smallest absolute Gasteiger partial charge is 0.135 e. The van der Waals surface area contributed by atoms with E-state index in [1.54, 1.807) is 6.26 Å². The number of furan rings is 1. The molecule has 12 heavy (non-hydrogen) atoms. The first-order valence-electron chi connectivity index (χ1n) is 4.47. The fraction of sp³-hybridized carbons (Fsp3) is 0.600. The molecule has 0 bridgehead atoms. The van der Waals surface area contributed by atoms with E-state index < -0.39 is 6.10 Å². The minimum absolute atomic E-state index is 0.417. The molecule has 0 amide bonds. The molecule has 1 N–H and O–H groups in total. The quantitative estimate of drug-likeness (QED) is 0.750. The van der Waals surface area contributed by atoms with Crippen LogP contribution in [0.15, 0.2) is 16.7 Å². The van der Waals surface area contributed by atoms with Gasteiger partial charge in [-0.1, -0.05) is 19.8 Å². The molecule has 1 aromatic heterocycles. The Morgan fingerprint density at radius 1 is 1.58 bits per heavy atom. The van der Waals surface area contributed by atoms with Crippen molar-refractivity contribution in [2.45, 2.75) is 39.2 Å². The van der Waals surface area contributed by atoms with E-state index >= 15 is 0 Å². The third kappa shape index (κ3) is 2.11. The van der Waals surface area contributed by atoms with Gasteiger partial charge in [0.25, 0.3) is 0 Å². The lowest BCUT2D eigenvalue weighted by molar-refractivity contribution is 0.136. The first-order chi connectivity index (χ1) is 5.75. The number of hydrogen-bond donors (Lipinski definition) is 1. The summed E-state index contributed by atoms with van der Waals surface area (Å²) in [6, 6.07) is 1.88. The van der Waals surface area contributed by atoms with Gasteiger partial charge in [-0.25, -0.2) is 0 Å². The SMILES string of the molecule is CCCCC(O)c1occc1C. The van der Waals surface area contributed by atoms with Gasteiger partial charge in [-0.2, -0.15) is 0 Å². The van der Waals surface area contributed by atoms with Crippen LogP contribution in [0.4, 0.5) is 0 Å². The van der Waals surface area contributed by atoms with Gasteiger partial charge in [0.05, 0.1) is 6.26 Å². The lowest BCUT2D eigenvalue weighted by Gasteiger charge is -2.07. The molecule has 1 aromatic rings. The maximum Gasteiger partial charge on any atom is 0.135 e. The van der Waals surface area contributed by atoms with Crippen molar-refractivity contribution in [2.24, 2.45) is 0 Å². The third-order valence-corrected chi connectivity index (χ3v) is 2.04. The first kappa shape index (κ1) is 9.33. The maximum atomic E-state index is 9.63. The molecule has 0 spiro atoms. The van der Waals surface area contributed by atoms with Crippen LogP contribution < -0.4 is 0 Å². The predicted octanol–water partition coefficient (Wildman–Crippen LogP) is 2.81. The molecule has 0 aromatic carbocycles. The summed E-state index contributed by atoms with van der Waals surface area (Å²) in [4.78, 5) is 0. The van der Waals surface area contributed by atoms with Crippen LogP contribution in [0.25, 0.3) is 0 Å². The molecular formula is C10H16O2. The second-order valence-electron chi connectivity index (χ2n) is 3.13. The Morgan fingerprint density at radius 2 is 2.33 bits per heavy atom. The molecule has 2 heteroatoms. The molecule has 1 rings (SSSR count). The normalized spacial score (nSPS) is 13.2. The van der Waals surface area contributed by atoms with E-state index in [0.29, 0.717) is 0 Å². The minimum Gasteiger partial charge on any atom is -0.466 e. The van der Waals surface area contributed by atoms with Crippen LogP contribution in [0.1, 0.15) is 43.6 Å². The average molecular weight is 168 g/mol. The molecule has 0 saturated carbocycles. The number of rotatable bonds is 4. The fourth-order valence-corrected chi connectivity index (χ4v) is 1.25. The topological polar surface area (TPSA) is 33.4 Å². The molecule has 0 radical (unpaired) electrons. The molecule has 1 heterocycles. The molecule has 1 unspecified atom stereocenters. The van der Waals surface area contributed by atoms with Crippen LogP contribution in [0.5, 0.6) is 0 Å². The zero-order chi connectivity index (χ0) is 8.97. The van der Waals surface area contributed by atoms with E-state index in [1.165, 1.54) is 0 Å².